The number of methoxy groups -OCH3 is 1. The molecule has 0 spiro atoms. The molecule has 0 aliphatic carbocycles. The molecular weight excluding hydrogens is 466 g/mol. The molecule has 0 fully saturated rings. The minimum absolute atomic E-state index is 0.105. The monoisotopic (exact) mass is 503 g/mol. The van der Waals surface area contributed by atoms with Crippen LogP contribution in [-0.2, 0) is 26.2 Å². The smallest absolute Gasteiger partial charge is 0.242 e. The standard InChI is InChI=1S/C26H37N3O5S/c1-7-24(26(31)27-4)28(18-21-10-8-11-23(17-21)34-5)25(30)12-9-15-29(35(6,32)33)22-14-13-19(2)20(3)16-22/h8,10-11,13-14,16-17,24H,7,9,12,15,18H2,1-6H3,(H,27,31). The van der Waals surface area contributed by atoms with Gasteiger partial charge in [0.15, 0.2) is 0 Å². The Morgan fingerprint density at radius 2 is 1.80 bits per heavy atom. The fourth-order valence-electron chi connectivity index (χ4n) is 3.94. The van der Waals surface area contributed by atoms with E-state index in [-0.39, 0.29) is 31.3 Å². The number of likely N-dealkylation sites (N-methyl/N-ethyl adjacent to an activating group) is 1. The Bertz CT molecular complexity index is 1130. The van der Waals surface area contributed by atoms with Crippen LogP contribution in [0.5, 0.6) is 5.75 Å². The van der Waals surface area contributed by atoms with Gasteiger partial charge in [0, 0.05) is 26.6 Å². The number of carbonyl (C=O) groups is 2. The molecule has 2 aromatic rings. The molecule has 9 heteroatoms. The molecular formula is C26H37N3O5S. The average molecular weight is 504 g/mol. The molecule has 1 unspecified atom stereocenters. The van der Waals surface area contributed by atoms with Crippen LogP contribution in [0.1, 0.15) is 42.9 Å². The quantitative estimate of drug-likeness (QED) is 0.479. The Morgan fingerprint density at radius 3 is 2.37 bits per heavy atom. The summed E-state index contributed by atoms with van der Waals surface area (Å²) in [5, 5.41) is 2.64. The molecule has 0 radical (unpaired) electrons. The number of hydrogen-bond acceptors (Lipinski definition) is 5. The zero-order valence-electron chi connectivity index (χ0n) is 21.5. The summed E-state index contributed by atoms with van der Waals surface area (Å²) < 4.78 is 31.6. The summed E-state index contributed by atoms with van der Waals surface area (Å²) in [5.41, 5.74) is 3.49. The van der Waals surface area contributed by atoms with Crippen LogP contribution >= 0.6 is 0 Å². The van der Waals surface area contributed by atoms with E-state index in [9.17, 15) is 18.0 Å². The van der Waals surface area contributed by atoms with Crippen LogP contribution in [0.4, 0.5) is 5.69 Å². The molecule has 0 saturated heterocycles. The first kappa shape index (κ1) is 28.2. The molecule has 0 bridgehead atoms. The van der Waals surface area contributed by atoms with Crippen molar-refractivity contribution in [2.24, 2.45) is 0 Å². The highest BCUT2D eigenvalue weighted by Gasteiger charge is 2.28. The first-order valence-electron chi connectivity index (χ1n) is 11.7. The molecule has 0 heterocycles. The maximum absolute atomic E-state index is 13.3. The Kier molecular flexibility index (Phi) is 10.1. The van der Waals surface area contributed by atoms with Gasteiger partial charge in [-0.05, 0) is 67.6 Å². The molecule has 0 aliphatic heterocycles. The fourth-order valence-corrected chi connectivity index (χ4v) is 4.90. The molecule has 0 saturated carbocycles. The van der Waals surface area contributed by atoms with Crippen molar-refractivity contribution in [3.8, 4) is 5.75 Å². The van der Waals surface area contributed by atoms with Gasteiger partial charge in [-0.1, -0.05) is 25.1 Å². The Balaban J connectivity index is 2.22. The van der Waals surface area contributed by atoms with Gasteiger partial charge in [-0.25, -0.2) is 8.42 Å². The first-order valence-corrected chi connectivity index (χ1v) is 13.6. The largest absolute Gasteiger partial charge is 0.497 e. The van der Waals surface area contributed by atoms with Crippen LogP contribution < -0.4 is 14.4 Å². The van der Waals surface area contributed by atoms with E-state index < -0.39 is 16.1 Å². The van der Waals surface area contributed by atoms with Crippen LogP contribution in [-0.4, -0.2) is 58.1 Å². The summed E-state index contributed by atoms with van der Waals surface area (Å²) in [6.45, 7) is 6.17. The molecule has 192 valence electrons. The fraction of sp³-hybridized carbons (Fsp3) is 0.462. The van der Waals surface area contributed by atoms with E-state index in [1.165, 1.54) is 4.31 Å². The lowest BCUT2D eigenvalue weighted by Gasteiger charge is -2.31. The summed E-state index contributed by atoms with van der Waals surface area (Å²) >= 11 is 0. The maximum atomic E-state index is 13.3. The lowest BCUT2D eigenvalue weighted by atomic mass is 10.1. The Morgan fingerprint density at radius 1 is 1.09 bits per heavy atom. The van der Waals surface area contributed by atoms with Gasteiger partial charge in [0.25, 0.3) is 0 Å². The van der Waals surface area contributed by atoms with Gasteiger partial charge < -0.3 is 15.0 Å². The predicted octanol–water partition coefficient (Wildman–Crippen LogP) is 3.41. The third-order valence-electron chi connectivity index (χ3n) is 6.05. The van der Waals surface area contributed by atoms with Crippen molar-refractivity contribution in [2.75, 3.05) is 31.3 Å². The van der Waals surface area contributed by atoms with Crippen molar-refractivity contribution in [1.29, 1.82) is 0 Å². The number of nitrogens with zero attached hydrogens (tertiary/aromatic N) is 2. The zero-order valence-corrected chi connectivity index (χ0v) is 22.3. The van der Waals surface area contributed by atoms with Crippen molar-refractivity contribution in [2.45, 2.75) is 52.6 Å². The topological polar surface area (TPSA) is 96.0 Å². The number of hydrogen-bond donors (Lipinski definition) is 1. The van der Waals surface area contributed by atoms with Gasteiger partial charge in [0.2, 0.25) is 21.8 Å². The minimum Gasteiger partial charge on any atom is -0.497 e. The summed E-state index contributed by atoms with van der Waals surface area (Å²) in [7, 11) is -0.408. The van der Waals surface area contributed by atoms with E-state index in [4.69, 9.17) is 4.74 Å². The van der Waals surface area contributed by atoms with Gasteiger partial charge in [0.05, 0.1) is 19.1 Å². The number of benzene rings is 2. The van der Waals surface area contributed by atoms with E-state index >= 15 is 0 Å². The second-order valence-corrected chi connectivity index (χ2v) is 10.5. The number of anilines is 1. The summed E-state index contributed by atoms with van der Waals surface area (Å²) in [5.74, 6) is 0.216. The van der Waals surface area contributed by atoms with Crippen molar-refractivity contribution in [3.05, 3.63) is 59.2 Å². The molecule has 1 atom stereocenters. The predicted molar refractivity (Wildman–Crippen MR) is 139 cm³/mol. The number of rotatable bonds is 12. The second-order valence-electron chi connectivity index (χ2n) is 8.62. The van der Waals surface area contributed by atoms with Gasteiger partial charge in [-0.2, -0.15) is 0 Å². The van der Waals surface area contributed by atoms with Gasteiger partial charge in [0.1, 0.15) is 11.8 Å². The highest BCUT2D eigenvalue weighted by Crippen LogP contribution is 2.23. The molecule has 8 nitrogen and oxygen atoms in total. The zero-order chi connectivity index (χ0) is 26.2. The van der Waals surface area contributed by atoms with E-state index in [1.54, 1.807) is 25.1 Å². The summed E-state index contributed by atoms with van der Waals surface area (Å²) in [6, 6.07) is 12.2. The van der Waals surface area contributed by atoms with Gasteiger partial charge in [-0.3, -0.25) is 13.9 Å². The van der Waals surface area contributed by atoms with Crippen LogP contribution in [0.25, 0.3) is 0 Å². The van der Waals surface area contributed by atoms with Crippen molar-refractivity contribution >= 4 is 27.5 Å². The van der Waals surface area contributed by atoms with E-state index in [2.05, 4.69) is 5.32 Å². The van der Waals surface area contributed by atoms with Crippen LogP contribution in [0.2, 0.25) is 0 Å². The average Bonchev–Trinajstić information content (AvgIpc) is 2.82. The third-order valence-corrected chi connectivity index (χ3v) is 7.24. The van der Waals surface area contributed by atoms with Gasteiger partial charge in [-0.15, -0.1) is 0 Å². The van der Waals surface area contributed by atoms with Gasteiger partial charge >= 0.3 is 0 Å². The molecule has 2 amide bonds. The molecule has 0 aliphatic rings. The first-order chi connectivity index (χ1) is 16.5. The minimum atomic E-state index is -3.53. The number of ether oxygens (including phenoxy) is 1. The van der Waals surface area contributed by atoms with Crippen LogP contribution in [0.15, 0.2) is 42.5 Å². The van der Waals surface area contributed by atoms with Crippen molar-refractivity contribution < 1.29 is 22.7 Å². The number of amides is 2. The van der Waals surface area contributed by atoms with E-state index in [0.29, 0.717) is 24.3 Å². The van der Waals surface area contributed by atoms with Crippen molar-refractivity contribution in [1.82, 2.24) is 10.2 Å². The number of sulfonamides is 1. The normalized spacial score (nSPS) is 12.1. The highest BCUT2D eigenvalue weighted by molar-refractivity contribution is 7.92. The van der Waals surface area contributed by atoms with Crippen molar-refractivity contribution in [3.63, 3.8) is 0 Å². The molecule has 2 rings (SSSR count). The third kappa shape index (κ3) is 7.71. The van der Waals surface area contributed by atoms with E-state index in [1.807, 2.05) is 57.2 Å². The number of aryl methyl sites for hydroxylation is 2. The second kappa shape index (κ2) is 12.6. The summed E-state index contributed by atoms with van der Waals surface area (Å²) in [4.78, 5) is 27.4. The number of carbonyl (C=O) groups excluding carboxylic acids is 2. The number of nitrogens with one attached hydrogen (secondary N) is 1. The van der Waals surface area contributed by atoms with Crippen LogP contribution in [0.3, 0.4) is 0 Å². The SMILES string of the molecule is CCC(C(=O)NC)N(Cc1cccc(OC)c1)C(=O)CCCN(c1ccc(C)c(C)c1)S(C)(=O)=O. The highest BCUT2D eigenvalue weighted by atomic mass is 32.2. The summed E-state index contributed by atoms with van der Waals surface area (Å²) in [6.07, 6.45) is 2.04. The van der Waals surface area contributed by atoms with Crippen LogP contribution in [0, 0.1) is 13.8 Å². The maximum Gasteiger partial charge on any atom is 0.242 e. The molecule has 1 N–H and O–H groups in total. The van der Waals surface area contributed by atoms with E-state index in [0.717, 1.165) is 22.9 Å². The molecule has 2 aromatic carbocycles. The molecule has 35 heavy (non-hydrogen) atoms. The Labute approximate surface area is 209 Å². The lowest BCUT2D eigenvalue weighted by molar-refractivity contribution is -0.141. The lowest BCUT2D eigenvalue weighted by Crippen LogP contribution is -2.48. The molecule has 0 aromatic heterocycles. The Hall–Kier alpha value is -3.07.